The molecule has 0 radical (unpaired) electrons. The zero-order chi connectivity index (χ0) is 22.2. The van der Waals surface area contributed by atoms with Crippen LogP contribution in [0.5, 0.6) is 0 Å². The number of benzene rings is 2. The fourth-order valence-electron chi connectivity index (χ4n) is 4.18. The van der Waals surface area contributed by atoms with E-state index in [1.54, 1.807) is 11.3 Å². The molecule has 164 valence electrons. The van der Waals surface area contributed by atoms with Gasteiger partial charge in [-0.25, -0.2) is 4.68 Å². The summed E-state index contributed by atoms with van der Waals surface area (Å²) in [5, 5.41) is 15.9. The zero-order valence-corrected chi connectivity index (χ0v) is 19.5. The van der Waals surface area contributed by atoms with Crippen LogP contribution in [0.15, 0.2) is 64.0 Å². The van der Waals surface area contributed by atoms with Gasteiger partial charge in [0.15, 0.2) is 0 Å². The van der Waals surface area contributed by atoms with Gasteiger partial charge in [-0.3, -0.25) is 4.99 Å². The second kappa shape index (κ2) is 11.1. The monoisotopic (exact) mass is 442 g/mol. The van der Waals surface area contributed by atoms with E-state index in [-0.39, 0.29) is 0 Å². The molecule has 0 bridgehead atoms. The maximum Gasteiger partial charge on any atom is 0.206 e. The summed E-state index contributed by atoms with van der Waals surface area (Å²) in [7, 11) is 0. The summed E-state index contributed by atoms with van der Waals surface area (Å²) in [6.07, 6.45) is 10.7. The molecule has 0 spiro atoms. The lowest BCUT2D eigenvalue weighted by Gasteiger charge is -2.22. The summed E-state index contributed by atoms with van der Waals surface area (Å²) in [6, 6.07) is 18.7. The van der Waals surface area contributed by atoms with Crippen LogP contribution in [0.25, 0.3) is 11.3 Å². The van der Waals surface area contributed by atoms with Crippen LogP contribution < -0.4 is 4.80 Å². The Hall–Kier alpha value is -2.97. The van der Waals surface area contributed by atoms with Crippen LogP contribution >= 0.6 is 11.3 Å². The van der Waals surface area contributed by atoms with Gasteiger partial charge in [0.1, 0.15) is 0 Å². The highest BCUT2D eigenvalue weighted by molar-refractivity contribution is 7.07. The van der Waals surface area contributed by atoms with Crippen molar-refractivity contribution in [3.05, 3.63) is 75.4 Å². The van der Waals surface area contributed by atoms with Crippen molar-refractivity contribution in [1.29, 1.82) is 5.26 Å². The lowest BCUT2D eigenvalue weighted by Crippen LogP contribution is -2.13. The van der Waals surface area contributed by atoms with Gasteiger partial charge in [-0.1, -0.05) is 69.0 Å². The summed E-state index contributed by atoms with van der Waals surface area (Å²) >= 11 is 1.63. The molecule has 1 heterocycles. The molecular weight excluding hydrogens is 412 g/mol. The van der Waals surface area contributed by atoms with E-state index >= 15 is 0 Å². The summed E-state index contributed by atoms with van der Waals surface area (Å²) < 4.78 is 1.95. The van der Waals surface area contributed by atoms with Gasteiger partial charge in [0.05, 0.1) is 23.5 Å². The van der Waals surface area contributed by atoms with Gasteiger partial charge in [-0.05, 0) is 48.4 Å². The van der Waals surface area contributed by atoms with Crippen molar-refractivity contribution in [2.45, 2.75) is 57.8 Å². The van der Waals surface area contributed by atoms with Crippen molar-refractivity contribution in [3.63, 3.8) is 0 Å². The molecule has 1 aromatic heterocycles. The van der Waals surface area contributed by atoms with Gasteiger partial charge in [-0.2, -0.15) is 10.4 Å². The first-order valence-corrected chi connectivity index (χ1v) is 12.5. The molecule has 4 rings (SSSR count). The van der Waals surface area contributed by atoms with Crippen LogP contribution in [0, 0.1) is 11.3 Å². The van der Waals surface area contributed by atoms with E-state index in [9.17, 15) is 0 Å². The summed E-state index contributed by atoms with van der Waals surface area (Å²) in [6.45, 7) is 2.99. The Bertz CT molecular complexity index is 1140. The first kappa shape index (κ1) is 22.2. The molecule has 1 aliphatic rings. The fourth-order valence-corrected chi connectivity index (χ4v) is 5.04. The molecule has 0 unspecified atom stereocenters. The van der Waals surface area contributed by atoms with Gasteiger partial charge in [-0.15, -0.1) is 11.3 Å². The number of nitrogens with zero attached hydrogens (tertiary/aromatic N) is 4. The van der Waals surface area contributed by atoms with E-state index in [1.165, 1.54) is 37.7 Å². The molecule has 0 saturated heterocycles. The molecule has 1 aliphatic carbocycles. The van der Waals surface area contributed by atoms with Crippen molar-refractivity contribution in [1.82, 2.24) is 4.68 Å². The maximum atomic E-state index is 9.01. The largest absolute Gasteiger partial charge is 0.257 e. The predicted octanol–water partition coefficient (Wildman–Crippen LogP) is 6.72. The Kier molecular flexibility index (Phi) is 7.68. The molecule has 1 fully saturated rings. The quantitative estimate of drug-likeness (QED) is 0.296. The number of hydrogen-bond acceptors (Lipinski definition) is 4. The number of nitriles is 1. The third-order valence-corrected chi connectivity index (χ3v) is 6.94. The minimum Gasteiger partial charge on any atom is -0.257 e. The SMILES string of the molecule is CCCCN=c1scc(-c2ccc(C3CCCCC3)cc2)n1N=Cc1ccc(C#N)cc1. The Morgan fingerprint density at radius 2 is 1.81 bits per heavy atom. The highest BCUT2D eigenvalue weighted by Gasteiger charge is 2.16. The van der Waals surface area contributed by atoms with Gasteiger partial charge >= 0.3 is 0 Å². The van der Waals surface area contributed by atoms with E-state index in [4.69, 9.17) is 15.4 Å². The summed E-state index contributed by atoms with van der Waals surface area (Å²) in [5.41, 5.74) is 5.30. The van der Waals surface area contributed by atoms with Crippen LogP contribution in [-0.2, 0) is 0 Å². The average molecular weight is 443 g/mol. The second-order valence-electron chi connectivity index (χ2n) is 8.39. The summed E-state index contributed by atoms with van der Waals surface area (Å²) in [5.74, 6) is 0.710. The Labute approximate surface area is 194 Å². The fraction of sp³-hybridized carbons (Fsp3) is 0.370. The minimum atomic E-state index is 0.652. The van der Waals surface area contributed by atoms with Crippen LogP contribution in [0.4, 0.5) is 0 Å². The van der Waals surface area contributed by atoms with Gasteiger partial charge in [0.2, 0.25) is 4.80 Å². The number of hydrogen-bond donors (Lipinski definition) is 0. The molecule has 0 N–H and O–H groups in total. The number of aromatic nitrogens is 1. The molecule has 0 aliphatic heterocycles. The highest BCUT2D eigenvalue weighted by Crippen LogP contribution is 2.33. The number of rotatable bonds is 7. The Balaban J connectivity index is 1.64. The van der Waals surface area contributed by atoms with E-state index < -0.39 is 0 Å². The number of thiazole rings is 1. The summed E-state index contributed by atoms with van der Waals surface area (Å²) in [4.78, 5) is 5.71. The van der Waals surface area contributed by atoms with Gasteiger partial charge in [0.25, 0.3) is 0 Å². The van der Waals surface area contributed by atoms with Crippen LogP contribution in [0.2, 0.25) is 0 Å². The van der Waals surface area contributed by atoms with Crippen molar-refractivity contribution in [2.24, 2.45) is 10.1 Å². The molecule has 0 amide bonds. The topological polar surface area (TPSA) is 53.4 Å². The molecule has 3 aromatic rings. The lowest BCUT2D eigenvalue weighted by molar-refractivity contribution is 0.443. The van der Waals surface area contributed by atoms with E-state index in [1.807, 2.05) is 35.2 Å². The first-order chi connectivity index (χ1) is 15.8. The smallest absolute Gasteiger partial charge is 0.206 e. The molecular formula is C27H30N4S. The van der Waals surface area contributed by atoms with Crippen LogP contribution in [0.1, 0.15) is 74.5 Å². The minimum absolute atomic E-state index is 0.652. The normalized spacial score (nSPS) is 15.3. The molecule has 2 aromatic carbocycles. The van der Waals surface area contributed by atoms with E-state index in [0.717, 1.165) is 41.0 Å². The molecule has 0 atom stereocenters. The van der Waals surface area contributed by atoms with Gasteiger partial charge in [0, 0.05) is 17.5 Å². The maximum absolute atomic E-state index is 9.01. The predicted molar refractivity (Wildman–Crippen MR) is 133 cm³/mol. The second-order valence-corrected chi connectivity index (χ2v) is 9.22. The molecule has 4 nitrogen and oxygen atoms in total. The Morgan fingerprint density at radius 3 is 2.50 bits per heavy atom. The van der Waals surface area contributed by atoms with Crippen LogP contribution in [0.3, 0.4) is 0 Å². The van der Waals surface area contributed by atoms with E-state index in [2.05, 4.69) is 42.6 Å². The van der Waals surface area contributed by atoms with Crippen LogP contribution in [-0.4, -0.2) is 17.4 Å². The Morgan fingerprint density at radius 1 is 1.06 bits per heavy atom. The van der Waals surface area contributed by atoms with E-state index in [0.29, 0.717) is 11.5 Å². The highest BCUT2D eigenvalue weighted by atomic mass is 32.1. The van der Waals surface area contributed by atoms with Gasteiger partial charge < -0.3 is 0 Å². The third-order valence-electron chi connectivity index (χ3n) is 6.09. The van der Waals surface area contributed by atoms with Crippen molar-refractivity contribution >= 4 is 17.6 Å². The van der Waals surface area contributed by atoms with Crippen molar-refractivity contribution < 1.29 is 0 Å². The number of unbranched alkanes of at least 4 members (excludes halogenated alkanes) is 1. The average Bonchev–Trinajstić information content (AvgIpc) is 3.26. The van der Waals surface area contributed by atoms with Crippen molar-refractivity contribution in [3.8, 4) is 17.3 Å². The standard InChI is InChI=1S/C27H30N4S/c1-2-3-17-29-27-31(30-19-22-11-9-21(18-28)10-12-22)26(20-32-27)25-15-13-24(14-16-25)23-7-5-4-6-8-23/h9-16,19-20,23H,2-8,17H2,1H3. The first-order valence-electron chi connectivity index (χ1n) is 11.6. The third kappa shape index (κ3) is 5.44. The molecule has 32 heavy (non-hydrogen) atoms. The van der Waals surface area contributed by atoms with Crippen molar-refractivity contribution in [2.75, 3.05) is 6.54 Å². The lowest BCUT2D eigenvalue weighted by atomic mass is 9.84. The zero-order valence-electron chi connectivity index (χ0n) is 18.7. The molecule has 1 saturated carbocycles. The molecule has 5 heteroatoms.